The first-order chi connectivity index (χ1) is 14.6. The van der Waals surface area contributed by atoms with Crippen LogP contribution in [0.1, 0.15) is 36.0 Å². The van der Waals surface area contributed by atoms with Gasteiger partial charge in [0.15, 0.2) is 0 Å². The lowest BCUT2D eigenvalue weighted by atomic mass is 10.0. The van der Waals surface area contributed by atoms with Gasteiger partial charge in [-0.05, 0) is 35.7 Å². The van der Waals surface area contributed by atoms with E-state index < -0.39 is 12.1 Å². The second kappa shape index (κ2) is 10.4. The van der Waals surface area contributed by atoms with Crippen molar-refractivity contribution in [3.63, 3.8) is 0 Å². The molecule has 0 saturated carbocycles. The average molecular weight is 400 g/mol. The van der Waals surface area contributed by atoms with Gasteiger partial charge in [0.2, 0.25) is 0 Å². The number of nitrogens with one attached hydrogen (secondary N) is 1. The van der Waals surface area contributed by atoms with E-state index in [9.17, 15) is 10.2 Å². The number of aliphatic hydroxyl groups is 2. The van der Waals surface area contributed by atoms with E-state index in [1.165, 1.54) is 0 Å². The summed E-state index contributed by atoms with van der Waals surface area (Å²) in [5.41, 5.74) is 4.16. The van der Waals surface area contributed by atoms with Gasteiger partial charge in [0.05, 0.1) is 19.2 Å². The summed E-state index contributed by atoms with van der Waals surface area (Å²) < 4.78 is 1.69. The van der Waals surface area contributed by atoms with Gasteiger partial charge in [-0.1, -0.05) is 48.2 Å². The zero-order chi connectivity index (χ0) is 21.3. The summed E-state index contributed by atoms with van der Waals surface area (Å²) >= 11 is 0. The Balaban J connectivity index is 1.70. The molecule has 30 heavy (non-hydrogen) atoms. The molecular formula is C24H24N4O2. The van der Waals surface area contributed by atoms with Crippen molar-refractivity contribution in [1.29, 1.82) is 5.26 Å². The van der Waals surface area contributed by atoms with Crippen molar-refractivity contribution in [2.24, 2.45) is 0 Å². The Hall–Kier alpha value is -3.42. The summed E-state index contributed by atoms with van der Waals surface area (Å²) in [4.78, 5) is 4.13. The molecule has 6 nitrogen and oxygen atoms in total. The van der Waals surface area contributed by atoms with Crippen molar-refractivity contribution in [2.75, 3.05) is 13.2 Å². The van der Waals surface area contributed by atoms with E-state index >= 15 is 0 Å². The number of imidazole rings is 1. The van der Waals surface area contributed by atoms with Crippen LogP contribution in [0.25, 0.3) is 11.1 Å². The minimum atomic E-state index is -0.733. The predicted molar refractivity (Wildman–Crippen MR) is 115 cm³/mol. The van der Waals surface area contributed by atoms with Gasteiger partial charge in [0.25, 0.3) is 0 Å². The first-order valence-corrected chi connectivity index (χ1v) is 9.72. The SMILES string of the molecule is C[C@H](O)c1nccn1[C@@H](C#Cc1ccc(-c2ccc(CNCC#N)cc2)cc1)CO. The highest BCUT2D eigenvalue weighted by Crippen LogP contribution is 2.21. The third kappa shape index (κ3) is 5.34. The second-order valence-corrected chi connectivity index (χ2v) is 6.87. The van der Waals surface area contributed by atoms with E-state index in [4.69, 9.17) is 5.26 Å². The van der Waals surface area contributed by atoms with Gasteiger partial charge >= 0.3 is 0 Å². The summed E-state index contributed by atoms with van der Waals surface area (Å²) in [6.45, 7) is 2.47. The fourth-order valence-corrected chi connectivity index (χ4v) is 3.11. The highest BCUT2D eigenvalue weighted by Gasteiger charge is 2.14. The molecule has 0 saturated heterocycles. The molecule has 0 unspecified atom stereocenters. The van der Waals surface area contributed by atoms with Crippen LogP contribution in [0, 0.1) is 23.2 Å². The van der Waals surface area contributed by atoms with Crippen LogP contribution in [0.4, 0.5) is 0 Å². The van der Waals surface area contributed by atoms with Crippen LogP contribution in [0.15, 0.2) is 60.9 Å². The van der Waals surface area contributed by atoms with Crippen molar-refractivity contribution < 1.29 is 10.2 Å². The Kier molecular flexibility index (Phi) is 7.37. The number of hydrogen-bond donors (Lipinski definition) is 3. The Morgan fingerprint density at radius 2 is 1.77 bits per heavy atom. The maximum atomic E-state index is 9.80. The van der Waals surface area contributed by atoms with Crippen LogP contribution in [0.3, 0.4) is 0 Å². The van der Waals surface area contributed by atoms with Gasteiger partial charge in [0.1, 0.15) is 18.0 Å². The maximum Gasteiger partial charge on any atom is 0.138 e. The van der Waals surface area contributed by atoms with Crippen molar-refractivity contribution in [1.82, 2.24) is 14.9 Å². The minimum absolute atomic E-state index is 0.170. The lowest BCUT2D eigenvalue weighted by molar-refractivity contribution is 0.176. The Labute approximate surface area is 176 Å². The van der Waals surface area contributed by atoms with Gasteiger partial charge in [-0.2, -0.15) is 5.26 Å². The zero-order valence-corrected chi connectivity index (χ0v) is 16.8. The molecule has 0 bridgehead atoms. The van der Waals surface area contributed by atoms with E-state index in [2.05, 4.69) is 40.3 Å². The first kappa shape index (κ1) is 21.3. The van der Waals surface area contributed by atoms with Crippen LogP contribution >= 0.6 is 0 Å². The van der Waals surface area contributed by atoms with Crippen LogP contribution in [-0.2, 0) is 6.54 Å². The molecule has 1 heterocycles. The zero-order valence-electron chi connectivity index (χ0n) is 16.8. The Morgan fingerprint density at radius 1 is 1.10 bits per heavy atom. The largest absolute Gasteiger partial charge is 0.393 e. The van der Waals surface area contributed by atoms with Crippen LogP contribution in [-0.4, -0.2) is 32.9 Å². The van der Waals surface area contributed by atoms with E-state index in [-0.39, 0.29) is 6.61 Å². The normalized spacial score (nSPS) is 12.5. The third-order valence-electron chi connectivity index (χ3n) is 4.67. The Morgan fingerprint density at radius 3 is 2.37 bits per heavy atom. The molecule has 0 aliphatic rings. The number of nitriles is 1. The summed E-state index contributed by atoms with van der Waals surface area (Å²) in [5.74, 6) is 6.62. The van der Waals surface area contributed by atoms with E-state index in [0.717, 1.165) is 22.3 Å². The van der Waals surface area contributed by atoms with Crippen molar-refractivity contribution in [3.8, 4) is 29.0 Å². The highest BCUT2D eigenvalue weighted by atomic mass is 16.3. The highest BCUT2D eigenvalue weighted by molar-refractivity contribution is 5.64. The van der Waals surface area contributed by atoms with E-state index in [1.807, 2.05) is 36.4 Å². The molecule has 0 fully saturated rings. The second-order valence-electron chi connectivity index (χ2n) is 6.87. The molecule has 1 aromatic heterocycles. The fourth-order valence-electron chi connectivity index (χ4n) is 3.11. The van der Waals surface area contributed by atoms with Gasteiger partial charge < -0.3 is 20.1 Å². The number of hydrogen-bond acceptors (Lipinski definition) is 5. The molecule has 0 spiro atoms. The number of rotatable bonds is 7. The van der Waals surface area contributed by atoms with Crippen molar-refractivity contribution >= 4 is 0 Å². The molecule has 0 aliphatic carbocycles. The molecule has 3 aromatic rings. The number of benzene rings is 2. The van der Waals surface area contributed by atoms with Crippen molar-refractivity contribution in [3.05, 3.63) is 77.9 Å². The maximum absolute atomic E-state index is 9.80. The summed E-state index contributed by atoms with van der Waals surface area (Å²) in [7, 11) is 0. The van der Waals surface area contributed by atoms with Crippen molar-refractivity contribution in [2.45, 2.75) is 25.6 Å². The molecule has 2 aromatic carbocycles. The third-order valence-corrected chi connectivity index (χ3v) is 4.67. The lowest BCUT2D eigenvalue weighted by Gasteiger charge is -2.14. The number of nitrogens with zero attached hydrogens (tertiary/aromatic N) is 3. The Bertz CT molecular complexity index is 1050. The summed E-state index contributed by atoms with van der Waals surface area (Å²) in [6, 6.07) is 17.7. The van der Waals surface area contributed by atoms with Gasteiger partial charge in [-0.3, -0.25) is 0 Å². The van der Waals surface area contributed by atoms with E-state index in [0.29, 0.717) is 18.9 Å². The molecule has 0 amide bonds. The van der Waals surface area contributed by atoms with Gasteiger partial charge in [-0.15, -0.1) is 0 Å². The molecule has 3 N–H and O–H groups in total. The average Bonchev–Trinajstić information content (AvgIpc) is 3.26. The fraction of sp³-hybridized carbons (Fsp3) is 0.250. The topological polar surface area (TPSA) is 94.1 Å². The molecule has 6 heteroatoms. The quantitative estimate of drug-likeness (QED) is 0.322. The number of aromatic nitrogens is 2. The monoisotopic (exact) mass is 400 g/mol. The molecule has 3 rings (SSSR count). The summed E-state index contributed by atoms with van der Waals surface area (Å²) in [5, 5.41) is 31.1. The van der Waals surface area contributed by atoms with Crippen LogP contribution < -0.4 is 5.32 Å². The molecular weight excluding hydrogens is 376 g/mol. The van der Waals surface area contributed by atoms with Gasteiger partial charge in [-0.25, -0.2) is 4.98 Å². The lowest BCUT2D eigenvalue weighted by Crippen LogP contribution is -2.15. The molecule has 152 valence electrons. The smallest absolute Gasteiger partial charge is 0.138 e. The molecule has 0 radical (unpaired) electrons. The number of aliphatic hydroxyl groups excluding tert-OH is 2. The molecule has 0 aliphatic heterocycles. The van der Waals surface area contributed by atoms with Crippen LogP contribution in [0.5, 0.6) is 0 Å². The standard InChI is InChI=1S/C24H24N4O2/c1-18(30)24-27-14-15-28(24)23(17-29)11-6-19-2-7-21(8-3-19)22-9-4-20(5-10-22)16-26-13-12-25/h2-5,7-10,14-15,18,23,26,29-30H,13,16-17H2,1H3/t18-,23-/m0/s1. The first-order valence-electron chi connectivity index (χ1n) is 9.72. The predicted octanol–water partition coefficient (Wildman–Crippen LogP) is 2.80. The molecule has 2 atom stereocenters. The van der Waals surface area contributed by atoms with Gasteiger partial charge in [0, 0.05) is 24.5 Å². The summed E-state index contributed by atoms with van der Waals surface area (Å²) in [6.07, 6.45) is 2.57. The minimum Gasteiger partial charge on any atom is -0.393 e. The van der Waals surface area contributed by atoms with Crippen LogP contribution in [0.2, 0.25) is 0 Å². The van der Waals surface area contributed by atoms with E-state index in [1.54, 1.807) is 23.9 Å².